The number of hydrogen-bond acceptors (Lipinski definition) is 3. The molecule has 0 atom stereocenters. The molecule has 0 aliphatic carbocycles. The molecular formula is C39H21NO2. The minimum Gasteiger partial charge on any atom is -0.455 e. The molecule has 0 aliphatic rings. The first kappa shape index (κ1) is 22.9. The third kappa shape index (κ3) is 3.33. The Morgan fingerprint density at radius 3 is 1.48 bits per heavy atom. The second-order valence-corrected chi connectivity index (χ2v) is 10.9. The summed E-state index contributed by atoms with van der Waals surface area (Å²) in [5.74, 6) is 0. The Morgan fingerprint density at radius 2 is 0.905 bits per heavy atom. The number of nitriles is 1. The van der Waals surface area contributed by atoms with Crippen LogP contribution in [0.1, 0.15) is 5.56 Å². The van der Waals surface area contributed by atoms with E-state index in [1.54, 1.807) is 0 Å². The van der Waals surface area contributed by atoms with Crippen LogP contribution in [0.5, 0.6) is 0 Å². The largest absolute Gasteiger partial charge is 0.455 e. The van der Waals surface area contributed by atoms with Gasteiger partial charge in [-0.1, -0.05) is 78.9 Å². The summed E-state index contributed by atoms with van der Waals surface area (Å²) in [5.41, 5.74) is 8.44. The molecule has 0 N–H and O–H groups in total. The lowest BCUT2D eigenvalue weighted by atomic mass is 9.94. The van der Waals surface area contributed by atoms with Crippen LogP contribution in [0.15, 0.2) is 136 Å². The quantitative estimate of drug-likeness (QED) is 0.221. The first-order valence-electron chi connectivity index (χ1n) is 14.0. The van der Waals surface area contributed by atoms with Gasteiger partial charge in [-0.3, -0.25) is 0 Å². The Morgan fingerprint density at radius 1 is 0.429 bits per heavy atom. The highest BCUT2D eigenvalue weighted by atomic mass is 16.3. The van der Waals surface area contributed by atoms with Crippen LogP contribution in [-0.2, 0) is 0 Å². The monoisotopic (exact) mass is 535 g/mol. The average molecular weight is 536 g/mol. The number of nitrogens with zero attached hydrogens (tertiary/aromatic N) is 1. The summed E-state index contributed by atoms with van der Waals surface area (Å²) in [6.45, 7) is 0. The zero-order valence-corrected chi connectivity index (χ0v) is 22.4. The Hall–Kier alpha value is -5.85. The van der Waals surface area contributed by atoms with Gasteiger partial charge in [0, 0.05) is 21.5 Å². The van der Waals surface area contributed by atoms with Crippen molar-refractivity contribution in [3.8, 4) is 28.3 Å². The molecule has 0 amide bonds. The van der Waals surface area contributed by atoms with Gasteiger partial charge in [0.1, 0.15) is 22.3 Å². The summed E-state index contributed by atoms with van der Waals surface area (Å²) in [6, 6.07) is 46.3. The zero-order valence-electron chi connectivity index (χ0n) is 22.4. The SMILES string of the molecule is N#Cc1ccc2cc(-c3ccc4cc(-c5c6oc7ccccc7c6cc6c5oc5ccccc56)ccc4c3)ccc2c1. The Labute approximate surface area is 240 Å². The maximum atomic E-state index is 9.23. The minimum absolute atomic E-state index is 0.676. The molecule has 0 unspecified atom stereocenters. The Balaban J connectivity index is 1.24. The fourth-order valence-corrected chi connectivity index (χ4v) is 6.37. The van der Waals surface area contributed by atoms with E-state index in [1.807, 2.05) is 42.5 Å². The number of rotatable bonds is 2. The van der Waals surface area contributed by atoms with Gasteiger partial charge < -0.3 is 8.83 Å². The summed E-state index contributed by atoms with van der Waals surface area (Å²) in [4.78, 5) is 0. The molecule has 0 bridgehead atoms. The van der Waals surface area contributed by atoms with E-state index in [2.05, 4.69) is 91.0 Å². The lowest BCUT2D eigenvalue weighted by molar-refractivity contribution is 0.658. The van der Waals surface area contributed by atoms with Crippen LogP contribution in [0.4, 0.5) is 0 Å². The maximum Gasteiger partial charge on any atom is 0.147 e. The van der Waals surface area contributed by atoms with Crippen LogP contribution >= 0.6 is 0 Å². The highest BCUT2D eigenvalue weighted by Gasteiger charge is 2.21. The average Bonchev–Trinajstić information content (AvgIpc) is 3.60. The lowest BCUT2D eigenvalue weighted by Gasteiger charge is -2.09. The topological polar surface area (TPSA) is 50.1 Å². The number of para-hydroxylation sites is 2. The van der Waals surface area contributed by atoms with Gasteiger partial charge in [0.2, 0.25) is 0 Å². The standard InChI is InChI=1S/C39H21NO2/c40-22-23-9-10-25-18-26(12-11-24(25)17-23)27-13-14-29-20-30(16-15-28(29)19-27)37-38-33(31-5-1-3-7-35(31)41-38)21-34-32-6-2-4-8-36(32)42-39(34)37/h1-21H. The van der Waals surface area contributed by atoms with Crippen molar-refractivity contribution >= 4 is 65.4 Å². The van der Waals surface area contributed by atoms with Crippen molar-refractivity contribution in [2.24, 2.45) is 0 Å². The van der Waals surface area contributed by atoms with Gasteiger partial charge in [-0.15, -0.1) is 0 Å². The first-order valence-corrected chi connectivity index (χ1v) is 14.0. The molecule has 0 aliphatic heterocycles. The smallest absolute Gasteiger partial charge is 0.147 e. The number of hydrogen-bond donors (Lipinski definition) is 0. The molecule has 9 aromatic rings. The van der Waals surface area contributed by atoms with Crippen molar-refractivity contribution in [3.05, 3.63) is 133 Å². The normalized spacial score (nSPS) is 11.8. The zero-order chi connectivity index (χ0) is 27.8. The van der Waals surface area contributed by atoms with Crippen LogP contribution in [0, 0.1) is 11.3 Å². The molecule has 7 aromatic carbocycles. The molecule has 0 saturated carbocycles. The summed E-state index contributed by atoms with van der Waals surface area (Å²) in [5, 5.41) is 18.1. The summed E-state index contributed by atoms with van der Waals surface area (Å²) < 4.78 is 13.0. The predicted molar refractivity (Wildman–Crippen MR) is 172 cm³/mol. The molecule has 3 heteroatoms. The van der Waals surface area contributed by atoms with Crippen LogP contribution in [0.2, 0.25) is 0 Å². The highest BCUT2D eigenvalue weighted by molar-refractivity contribution is 6.22. The maximum absolute atomic E-state index is 9.23. The van der Waals surface area contributed by atoms with Gasteiger partial charge >= 0.3 is 0 Å². The van der Waals surface area contributed by atoms with E-state index in [4.69, 9.17) is 8.83 Å². The van der Waals surface area contributed by atoms with E-state index in [-0.39, 0.29) is 0 Å². The number of fused-ring (bicyclic) bond motifs is 8. The Kier molecular flexibility index (Phi) is 4.68. The summed E-state index contributed by atoms with van der Waals surface area (Å²) >= 11 is 0. The molecular weight excluding hydrogens is 514 g/mol. The van der Waals surface area contributed by atoms with E-state index in [0.717, 1.165) is 87.7 Å². The molecule has 42 heavy (non-hydrogen) atoms. The van der Waals surface area contributed by atoms with E-state index in [0.29, 0.717) is 5.56 Å². The van der Waals surface area contributed by atoms with Crippen LogP contribution < -0.4 is 0 Å². The van der Waals surface area contributed by atoms with Gasteiger partial charge in [0.05, 0.1) is 17.2 Å². The molecule has 2 heterocycles. The van der Waals surface area contributed by atoms with E-state index < -0.39 is 0 Å². The van der Waals surface area contributed by atoms with Crippen molar-refractivity contribution in [2.75, 3.05) is 0 Å². The molecule has 2 aromatic heterocycles. The van der Waals surface area contributed by atoms with Crippen molar-refractivity contribution in [1.29, 1.82) is 5.26 Å². The van der Waals surface area contributed by atoms with Crippen molar-refractivity contribution in [3.63, 3.8) is 0 Å². The molecule has 3 nitrogen and oxygen atoms in total. The van der Waals surface area contributed by atoms with E-state index in [9.17, 15) is 5.26 Å². The fourth-order valence-electron chi connectivity index (χ4n) is 6.37. The van der Waals surface area contributed by atoms with Crippen LogP contribution in [-0.4, -0.2) is 0 Å². The van der Waals surface area contributed by atoms with Gasteiger partial charge in [-0.25, -0.2) is 0 Å². The molecule has 0 fully saturated rings. The molecule has 0 radical (unpaired) electrons. The van der Waals surface area contributed by atoms with Gasteiger partial charge in [-0.05, 0) is 86.8 Å². The molecule has 0 saturated heterocycles. The first-order chi connectivity index (χ1) is 20.7. The van der Waals surface area contributed by atoms with E-state index >= 15 is 0 Å². The lowest BCUT2D eigenvalue weighted by Crippen LogP contribution is -1.84. The van der Waals surface area contributed by atoms with Crippen LogP contribution in [0.3, 0.4) is 0 Å². The Bertz CT molecular complexity index is 2500. The van der Waals surface area contributed by atoms with Crippen LogP contribution in [0.25, 0.3) is 87.7 Å². The number of benzene rings is 7. The van der Waals surface area contributed by atoms with Crippen molar-refractivity contribution < 1.29 is 8.83 Å². The van der Waals surface area contributed by atoms with Gasteiger partial charge in [-0.2, -0.15) is 5.26 Å². The summed E-state index contributed by atoms with van der Waals surface area (Å²) in [7, 11) is 0. The highest BCUT2D eigenvalue weighted by Crippen LogP contribution is 2.45. The molecule has 0 spiro atoms. The van der Waals surface area contributed by atoms with Crippen molar-refractivity contribution in [1.82, 2.24) is 0 Å². The van der Waals surface area contributed by atoms with Gasteiger partial charge in [0.25, 0.3) is 0 Å². The van der Waals surface area contributed by atoms with E-state index in [1.165, 1.54) is 0 Å². The second-order valence-electron chi connectivity index (χ2n) is 10.9. The fraction of sp³-hybridized carbons (Fsp3) is 0. The molecule has 194 valence electrons. The third-order valence-corrected chi connectivity index (χ3v) is 8.44. The van der Waals surface area contributed by atoms with Crippen molar-refractivity contribution in [2.45, 2.75) is 0 Å². The summed E-state index contributed by atoms with van der Waals surface area (Å²) in [6.07, 6.45) is 0. The third-order valence-electron chi connectivity index (χ3n) is 8.44. The molecule has 9 rings (SSSR count). The minimum atomic E-state index is 0.676. The van der Waals surface area contributed by atoms with Gasteiger partial charge in [0.15, 0.2) is 0 Å². The number of furan rings is 2. The second kappa shape index (κ2) is 8.57. The predicted octanol–water partition coefficient (Wildman–Crippen LogP) is 11.0.